The second-order valence-corrected chi connectivity index (χ2v) is 6.37. The van der Waals surface area contributed by atoms with Gasteiger partial charge in [0.25, 0.3) is 0 Å². The number of thiazole rings is 1. The molecule has 1 N–H and O–H groups in total. The van der Waals surface area contributed by atoms with E-state index in [0.717, 1.165) is 35.1 Å². The van der Waals surface area contributed by atoms with Crippen molar-refractivity contribution in [2.75, 3.05) is 12.4 Å². The Labute approximate surface area is 119 Å². The van der Waals surface area contributed by atoms with Crippen molar-refractivity contribution in [3.63, 3.8) is 0 Å². The van der Waals surface area contributed by atoms with Gasteiger partial charge in [0.05, 0.1) is 10.2 Å². The van der Waals surface area contributed by atoms with Gasteiger partial charge < -0.3 is 5.11 Å². The summed E-state index contributed by atoms with van der Waals surface area (Å²) in [4.78, 5) is 0.957. The first-order chi connectivity index (χ1) is 9.40. The van der Waals surface area contributed by atoms with E-state index in [-0.39, 0.29) is 6.61 Å². The molecule has 0 bridgehead atoms. The number of unbranched alkanes of at least 4 members (excludes halogenated alkanes) is 2. The fourth-order valence-electron chi connectivity index (χ4n) is 2.00. The van der Waals surface area contributed by atoms with Crippen LogP contribution < -0.4 is 0 Å². The number of benzene rings is 1. The van der Waals surface area contributed by atoms with Gasteiger partial charge in [-0.15, -0.1) is 10.2 Å². The molecule has 2 heterocycles. The van der Waals surface area contributed by atoms with Crippen LogP contribution in [0.15, 0.2) is 29.4 Å². The number of aromatic nitrogens is 3. The summed E-state index contributed by atoms with van der Waals surface area (Å²) in [6, 6.07) is 8.32. The van der Waals surface area contributed by atoms with Crippen molar-refractivity contribution in [2.24, 2.45) is 0 Å². The fraction of sp³-hybridized carbons (Fsp3) is 0.385. The number of para-hydroxylation sites is 1. The van der Waals surface area contributed by atoms with Gasteiger partial charge in [0.1, 0.15) is 0 Å². The van der Waals surface area contributed by atoms with E-state index in [1.165, 1.54) is 10.2 Å². The predicted octanol–water partition coefficient (Wildman–Crippen LogP) is 3.20. The van der Waals surface area contributed by atoms with Crippen LogP contribution in [0, 0.1) is 0 Å². The Morgan fingerprint density at radius 1 is 1.16 bits per heavy atom. The number of thioether (sulfide) groups is 1. The summed E-state index contributed by atoms with van der Waals surface area (Å²) >= 11 is 3.41. The highest BCUT2D eigenvalue weighted by Gasteiger charge is 2.11. The van der Waals surface area contributed by atoms with Crippen LogP contribution in [-0.4, -0.2) is 32.1 Å². The summed E-state index contributed by atoms with van der Waals surface area (Å²) in [7, 11) is 0. The molecule has 0 amide bonds. The van der Waals surface area contributed by atoms with Crippen molar-refractivity contribution in [2.45, 2.75) is 24.4 Å². The lowest BCUT2D eigenvalue weighted by molar-refractivity contribution is 0.284. The zero-order valence-electron chi connectivity index (χ0n) is 10.5. The van der Waals surface area contributed by atoms with Gasteiger partial charge in [-0.3, -0.25) is 4.40 Å². The fourth-order valence-corrected chi connectivity index (χ4v) is 3.97. The van der Waals surface area contributed by atoms with Crippen molar-refractivity contribution in [1.29, 1.82) is 0 Å². The molecule has 100 valence electrons. The van der Waals surface area contributed by atoms with Crippen LogP contribution in [0.4, 0.5) is 0 Å². The molecule has 0 saturated carbocycles. The van der Waals surface area contributed by atoms with Gasteiger partial charge >= 0.3 is 0 Å². The molecule has 4 nitrogen and oxygen atoms in total. The van der Waals surface area contributed by atoms with Crippen molar-refractivity contribution >= 4 is 38.3 Å². The van der Waals surface area contributed by atoms with Crippen molar-refractivity contribution < 1.29 is 5.11 Å². The quantitative estimate of drug-likeness (QED) is 0.560. The van der Waals surface area contributed by atoms with E-state index in [1.54, 1.807) is 23.1 Å². The van der Waals surface area contributed by atoms with E-state index in [0.29, 0.717) is 0 Å². The van der Waals surface area contributed by atoms with Gasteiger partial charge in [-0.2, -0.15) is 0 Å². The van der Waals surface area contributed by atoms with Gasteiger partial charge in [-0.05, 0) is 25.0 Å². The lowest BCUT2D eigenvalue weighted by atomic mass is 10.3. The zero-order chi connectivity index (χ0) is 13.1. The third-order valence-corrected chi connectivity index (χ3v) is 4.97. The van der Waals surface area contributed by atoms with Gasteiger partial charge in [-0.25, -0.2) is 0 Å². The number of hydrogen-bond donors (Lipinski definition) is 1. The average molecular weight is 293 g/mol. The van der Waals surface area contributed by atoms with Crippen LogP contribution in [0.5, 0.6) is 0 Å². The summed E-state index contributed by atoms with van der Waals surface area (Å²) in [6.45, 7) is 0.287. The Bertz CT molecular complexity index is 677. The molecule has 0 spiro atoms. The Morgan fingerprint density at radius 3 is 2.95 bits per heavy atom. The molecule has 6 heteroatoms. The predicted molar refractivity (Wildman–Crippen MR) is 80.0 cm³/mol. The lowest BCUT2D eigenvalue weighted by Gasteiger charge is -1.99. The third-order valence-electron chi connectivity index (χ3n) is 2.94. The molecule has 19 heavy (non-hydrogen) atoms. The monoisotopic (exact) mass is 293 g/mol. The summed E-state index contributed by atoms with van der Waals surface area (Å²) in [6.07, 6.45) is 3.05. The largest absolute Gasteiger partial charge is 0.396 e. The molecule has 3 aromatic rings. The van der Waals surface area contributed by atoms with Crippen LogP contribution in [0.3, 0.4) is 0 Å². The minimum absolute atomic E-state index is 0.287. The Morgan fingerprint density at radius 2 is 2.05 bits per heavy atom. The second kappa shape index (κ2) is 5.90. The molecule has 0 aliphatic carbocycles. The SMILES string of the molecule is OCCCCCSc1nnc2sc3ccccc3n12. The zero-order valence-corrected chi connectivity index (χ0v) is 12.1. The molecule has 0 atom stereocenters. The molecular weight excluding hydrogens is 278 g/mol. The molecule has 1 aromatic carbocycles. The first-order valence-electron chi connectivity index (χ1n) is 6.36. The van der Waals surface area contributed by atoms with Crippen molar-refractivity contribution in [1.82, 2.24) is 14.6 Å². The number of nitrogens with zero attached hydrogens (tertiary/aromatic N) is 3. The maximum absolute atomic E-state index is 8.75. The Hall–Kier alpha value is -1.11. The molecule has 3 rings (SSSR count). The molecule has 0 radical (unpaired) electrons. The molecule has 2 aromatic heterocycles. The summed E-state index contributed by atoms with van der Waals surface area (Å²) in [5.41, 5.74) is 1.19. The number of fused-ring (bicyclic) bond motifs is 3. The van der Waals surface area contributed by atoms with Gasteiger partial charge in [-0.1, -0.05) is 41.7 Å². The van der Waals surface area contributed by atoms with E-state index < -0.39 is 0 Å². The summed E-state index contributed by atoms with van der Waals surface area (Å²) in [5.74, 6) is 1.02. The normalized spacial score (nSPS) is 11.6. The first kappa shape index (κ1) is 12.9. The minimum Gasteiger partial charge on any atom is -0.396 e. The third kappa shape index (κ3) is 2.61. The van der Waals surface area contributed by atoms with Gasteiger partial charge in [0.2, 0.25) is 4.96 Å². The van der Waals surface area contributed by atoms with Gasteiger partial charge in [0, 0.05) is 12.4 Å². The molecule has 0 saturated heterocycles. The maximum Gasteiger partial charge on any atom is 0.217 e. The molecule has 0 aliphatic heterocycles. The highest BCUT2D eigenvalue weighted by Crippen LogP contribution is 2.29. The van der Waals surface area contributed by atoms with E-state index >= 15 is 0 Å². The van der Waals surface area contributed by atoms with Crippen molar-refractivity contribution in [3.8, 4) is 0 Å². The summed E-state index contributed by atoms with van der Waals surface area (Å²) < 4.78 is 3.38. The minimum atomic E-state index is 0.287. The number of hydrogen-bond acceptors (Lipinski definition) is 5. The first-order valence-corrected chi connectivity index (χ1v) is 8.16. The topological polar surface area (TPSA) is 50.4 Å². The Balaban J connectivity index is 1.79. The highest BCUT2D eigenvalue weighted by atomic mass is 32.2. The van der Waals surface area contributed by atoms with E-state index in [4.69, 9.17) is 5.11 Å². The average Bonchev–Trinajstić information content (AvgIpc) is 2.98. The number of rotatable bonds is 6. The molecule has 0 aliphatic rings. The van der Waals surface area contributed by atoms with Gasteiger partial charge in [0.15, 0.2) is 5.16 Å². The summed E-state index contributed by atoms with van der Waals surface area (Å²) in [5, 5.41) is 18.2. The van der Waals surface area contributed by atoms with Crippen LogP contribution in [0.2, 0.25) is 0 Å². The number of aliphatic hydroxyl groups is 1. The Kier molecular flexibility index (Phi) is 4.00. The lowest BCUT2D eigenvalue weighted by Crippen LogP contribution is -1.89. The number of aliphatic hydroxyl groups excluding tert-OH is 1. The standard InChI is InChI=1S/C13H15N3OS2/c17-8-4-1-5-9-18-12-14-15-13-16(12)10-6-2-3-7-11(10)19-13/h2-3,6-7,17H,1,4-5,8-9H2. The molecular formula is C13H15N3OS2. The molecule has 0 fully saturated rings. The van der Waals surface area contributed by atoms with E-state index in [1.807, 2.05) is 12.1 Å². The second-order valence-electron chi connectivity index (χ2n) is 4.30. The van der Waals surface area contributed by atoms with Crippen molar-refractivity contribution in [3.05, 3.63) is 24.3 Å². The van der Waals surface area contributed by atoms with Crippen LogP contribution in [-0.2, 0) is 0 Å². The van der Waals surface area contributed by atoms with E-state index in [2.05, 4.69) is 26.7 Å². The van der Waals surface area contributed by atoms with Crippen LogP contribution in [0.25, 0.3) is 15.2 Å². The highest BCUT2D eigenvalue weighted by molar-refractivity contribution is 7.99. The molecule has 0 unspecified atom stereocenters. The smallest absolute Gasteiger partial charge is 0.217 e. The van der Waals surface area contributed by atoms with Crippen LogP contribution >= 0.6 is 23.1 Å². The van der Waals surface area contributed by atoms with E-state index in [9.17, 15) is 0 Å². The van der Waals surface area contributed by atoms with Crippen LogP contribution in [0.1, 0.15) is 19.3 Å². The maximum atomic E-state index is 8.75.